The molecule has 0 fully saturated rings. The van der Waals surface area contributed by atoms with Gasteiger partial charge in [-0.1, -0.05) is 18.2 Å². The normalized spacial score (nSPS) is 17.9. The minimum atomic E-state index is 0.602. The van der Waals surface area contributed by atoms with Gasteiger partial charge < -0.3 is 10.2 Å². The van der Waals surface area contributed by atoms with E-state index < -0.39 is 0 Å². The summed E-state index contributed by atoms with van der Waals surface area (Å²) in [4.78, 5) is 2.36. The number of aromatic nitrogens is 2. The van der Waals surface area contributed by atoms with Gasteiger partial charge in [0.25, 0.3) is 0 Å². The molecule has 0 bridgehead atoms. The molecular weight excluding hydrogens is 260 g/mol. The second-order valence-electron chi connectivity index (χ2n) is 6.01. The average Bonchev–Trinajstić information content (AvgIpc) is 2.81. The lowest BCUT2D eigenvalue weighted by atomic mass is 9.90. The number of rotatable bonds is 4. The number of nitrogens with one attached hydrogen (secondary N) is 2. The molecule has 0 amide bonds. The number of anilines is 1. The fourth-order valence-electron chi connectivity index (χ4n) is 3.22. The summed E-state index contributed by atoms with van der Waals surface area (Å²) in [5, 5.41) is 10.9. The highest BCUT2D eigenvalue weighted by atomic mass is 15.1. The van der Waals surface area contributed by atoms with E-state index in [0.29, 0.717) is 5.92 Å². The number of H-pyrrole nitrogens is 1. The van der Waals surface area contributed by atoms with Crippen LogP contribution in [-0.4, -0.2) is 30.3 Å². The molecule has 3 rings (SSSR count). The predicted molar refractivity (Wildman–Crippen MR) is 86.8 cm³/mol. The van der Waals surface area contributed by atoms with Crippen LogP contribution in [0.15, 0.2) is 24.3 Å². The maximum absolute atomic E-state index is 4.26. The Morgan fingerprint density at radius 1 is 1.33 bits per heavy atom. The smallest absolute Gasteiger partial charge is 0.0638 e. The molecular formula is C17H24N4. The molecule has 4 nitrogen and oxygen atoms in total. The van der Waals surface area contributed by atoms with E-state index in [9.17, 15) is 0 Å². The van der Waals surface area contributed by atoms with Crippen molar-refractivity contribution in [2.75, 3.05) is 25.0 Å². The Morgan fingerprint density at radius 3 is 2.90 bits per heavy atom. The zero-order valence-corrected chi connectivity index (χ0v) is 13.1. The van der Waals surface area contributed by atoms with Gasteiger partial charge in [-0.3, -0.25) is 5.10 Å². The van der Waals surface area contributed by atoms with E-state index in [2.05, 4.69) is 65.6 Å². The van der Waals surface area contributed by atoms with Gasteiger partial charge in [0.05, 0.1) is 5.69 Å². The van der Waals surface area contributed by atoms with Gasteiger partial charge in [0.15, 0.2) is 0 Å². The first-order valence-electron chi connectivity index (χ1n) is 7.68. The second-order valence-corrected chi connectivity index (χ2v) is 6.01. The topological polar surface area (TPSA) is 44.0 Å². The van der Waals surface area contributed by atoms with E-state index in [4.69, 9.17) is 0 Å². The molecule has 1 atom stereocenters. The Kier molecular flexibility index (Phi) is 3.97. The molecule has 1 aliphatic rings. The van der Waals surface area contributed by atoms with Crippen molar-refractivity contribution in [2.45, 2.75) is 32.7 Å². The number of hydrogen-bond donors (Lipinski definition) is 2. The summed E-state index contributed by atoms with van der Waals surface area (Å²) in [7, 11) is 2.18. The molecule has 0 spiro atoms. The number of fused-ring (bicyclic) bond motifs is 1. The molecule has 0 radical (unpaired) electrons. The van der Waals surface area contributed by atoms with Crippen LogP contribution in [0.5, 0.6) is 0 Å². The Hall–Kier alpha value is -1.81. The van der Waals surface area contributed by atoms with Crippen molar-refractivity contribution >= 4 is 5.69 Å². The quantitative estimate of drug-likeness (QED) is 0.907. The fourth-order valence-corrected chi connectivity index (χ4v) is 3.22. The van der Waals surface area contributed by atoms with E-state index in [1.54, 1.807) is 0 Å². The van der Waals surface area contributed by atoms with Crippen LogP contribution in [0.4, 0.5) is 5.69 Å². The van der Waals surface area contributed by atoms with Crippen LogP contribution >= 0.6 is 0 Å². The van der Waals surface area contributed by atoms with Crippen molar-refractivity contribution < 1.29 is 0 Å². The maximum Gasteiger partial charge on any atom is 0.0638 e. The van der Waals surface area contributed by atoms with Gasteiger partial charge in [0, 0.05) is 49.5 Å². The first-order valence-corrected chi connectivity index (χ1v) is 7.68. The van der Waals surface area contributed by atoms with Gasteiger partial charge >= 0.3 is 0 Å². The Morgan fingerprint density at radius 2 is 2.14 bits per heavy atom. The minimum absolute atomic E-state index is 0.602. The first kappa shape index (κ1) is 14.1. The van der Waals surface area contributed by atoms with Gasteiger partial charge in [0.2, 0.25) is 0 Å². The predicted octanol–water partition coefficient (Wildman–Crippen LogP) is 2.74. The van der Waals surface area contributed by atoms with Crippen LogP contribution in [0.2, 0.25) is 0 Å². The Balaban J connectivity index is 1.65. The lowest BCUT2D eigenvalue weighted by Gasteiger charge is -2.33. The molecule has 1 unspecified atom stereocenters. The first-order chi connectivity index (χ1) is 10.2. The van der Waals surface area contributed by atoms with Crippen molar-refractivity contribution in [1.82, 2.24) is 15.5 Å². The summed E-state index contributed by atoms with van der Waals surface area (Å²) in [6.45, 7) is 7.19. The van der Waals surface area contributed by atoms with Crippen molar-refractivity contribution in [3.05, 3.63) is 46.8 Å². The summed E-state index contributed by atoms with van der Waals surface area (Å²) in [6, 6.07) is 8.77. The molecule has 1 aromatic carbocycles. The highest BCUT2D eigenvalue weighted by Crippen LogP contribution is 2.33. The average molecular weight is 284 g/mol. The number of benzene rings is 1. The van der Waals surface area contributed by atoms with Crippen LogP contribution in [-0.2, 0) is 6.54 Å². The standard InChI is InChI=1S/C17H24N4/c1-12-16(13(2)20-19-12)11-18-10-14-8-9-21(3)17-7-5-4-6-15(14)17/h4-7,14,18H,8-11H2,1-3H3,(H,19,20). The largest absolute Gasteiger partial charge is 0.374 e. The summed E-state index contributed by atoms with van der Waals surface area (Å²) in [6.07, 6.45) is 1.21. The molecule has 4 heteroatoms. The third kappa shape index (κ3) is 2.81. The SMILES string of the molecule is Cc1n[nH]c(C)c1CNCC1CCN(C)c2ccccc21. The minimum Gasteiger partial charge on any atom is -0.374 e. The highest BCUT2D eigenvalue weighted by Gasteiger charge is 2.22. The van der Waals surface area contributed by atoms with Crippen molar-refractivity contribution in [3.63, 3.8) is 0 Å². The molecule has 0 saturated carbocycles. The zero-order chi connectivity index (χ0) is 14.8. The molecule has 0 aliphatic carbocycles. The van der Waals surface area contributed by atoms with Crippen molar-refractivity contribution in [1.29, 1.82) is 0 Å². The summed E-state index contributed by atoms with van der Waals surface area (Å²) in [5.41, 5.74) is 6.43. The molecule has 2 N–H and O–H groups in total. The third-order valence-electron chi connectivity index (χ3n) is 4.57. The fraction of sp³-hybridized carbons (Fsp3) is 0.471. The van der Waals surface area contributed by atoms with E-state index in [0.717, 1.165) is 25.3 Å². The lowest BCUT2D eigenvalue weighted by Crippen LogP contribution is -2.31. The van der Waals surface area contributed by atoms with Crippen LogP contribution in [0.25, 0.3) is 0 Å². The number of para-hydroxylation sites is 1. The van der Waals surface area contributed by atoms with Crippen LogP contribution in [0.1, 0.15) is 34.9 Å². The summed E-state index contributed by atoms with van der Waals surface area (Å²) < 4.78 is 0. The number of nitrogens with zero attached hydrogens (tertiary/aromatic N) is 2. The molecule has 2 aromatic rings. The van der Waals surface area contributed by atoms with Crippen LogP contribution < -0.4 is 10.2 Å². The number of hydrogen-bond acceptors (Lipinski definition) is 3. The molecule has 112 valence electrons. The van der Waals surface area contributed by atoms with Crippen LogP contribution in [0.3, 0.4) is 0 Å². The van der Waals surface area contributed by atoms with Crippen molar-refractivity contribution in [2.24, 2.45) is 0 Å². The number of aromatic amines is 1. The number of aryl methyl sites for hydroxylation is 2. The monoisotopic (exact) mass is 284 g/mol. The van der Waals surface area contributed by atoms with Gasteiger partial charge in [-0.2, -0.15) is 5.10 Å². The Labute approximate surface area is 126 Å². The molecule has 1 aliphatic heterocycles. The maximum atomic E-state index is 4.26. The van der Waals surface area contributed by atoms with E-state index in [1.165, 1.54) is 28.9 Å². The van der Waals surface area contributed by atoms with Gasteiger partial charge in [0.1, 0.15) is 0 Å². The molecule has 2 heterocycles. The second kappa shape index (κ2) is 5.90. The van der Waals surface area contributed by atoms with E-state index in [1.807, 2.05) is 0 Å². The van der Waals surface area contributed by atoms with E-state index in [-0.39, 0.29) is 0 Å². The van der Waals surface area contributed by atoms with Gasteiger partial charge in [-0.25, -0.2) is 0 Å². The molecule has 0 saturated heterocycles. The Bertz CT molecular complexity index is 598. The van der Waals surface area contributed by atoms with Gasteiger partial charge in [-0.05, 0) is 31.9 Å². The third-order valence-corrected chi connectivity index (χ3v) is 4.57. The molecule has 21 heavy (non-hydrogen) atoms. The van der Waals surface area contributed by atoms with Crippen molar-refractivity contribution in [3.8, 4) is 0 Å². The summed E-state index contributed by atoms with van der Waals surface area (Å²) in [5.74, 6) is 0.602. The van der Waals surface area contributed by atoms with Gasteiger partial charge in [-0.15, -0.1) is 0 Å². The van der Waals surface area contributed by atoms with Crippen LogP contribution in [0, 0.1) is 13.8 Å². The highest BCUT2D eigenvalue weighted by molar-refractivity contribution is 5.56. The molecule has 1 aromatic heterocycles. The van der Waals surface area contributed by atoms with E-state index >= 15 is 0 Å². The summed E-state index contributed by atoms with van der Waals surface area (Å²) >= 11 is 0. The zero-order valence-electron chi connectivity index (χ0n) is 13.1. The lowest BCUT2D eigenvalue weighted by molar-refractivity contribution is 0.532.